The highest BCUT2D eigenvalue weighted by Gasteiger charge is 2.28. The number of carboxylic acid groups (broad SMARTS) is 2. The monoisotopic (exact) mass is 392 g/mol. The highest BCUT2D eigenvalue weighted by atomic mass is 32.1. The molecule has 0 fully saturated rings. The molecular weight excluding hydrogens is 368 g/mol. The van der Waals surface area contributed by atoms with E-state index >= 15 is 0 Å². The van der Waals surface area contributed by atoms with Gasteiger partial charge in [0.05, 0.1) is 12.5 Å². The molecule has 0 aliphatic carbocycles. The number of nitrogens with zero attached hydrogens (tertiary/aromatic N) is 1. The van der Waals surface area contributed by atoms with Crippen molar-refractivity contribution in [3.05, 3.63) is 0 Å². The van der Waals surface area contributed by atoms with Gasteiger partial charge in [0.2, 0.25) is 11.8 Å². The van der Waals surface area contributed by atoms with Gasteiger partial charge in [0, 0.05) is 12.3 Å². The van der Waals surface area contributed by atoms with E-state index in [0.717, 1.165) is 0 Å². The van der Waals surface area contributed by atoms with E-state index < -0.39 is 48.3 Å². The number of carbonyl (C=O) groups excluding carboxylic acids is 2. The molecule has 26 heavy (non-hydrogen) atoms. The van der Waals surface area contributed by atoms with Gasteiger partial charge < -0.3 is 38.0 Å². The minimum Gasteiger partial charge on any atom is -0.481 e. The molecule has 0 aromatic carbocycles. The van der Waals surface area contributed by atoms with Gasteiger partial charge >= 0.3 is 11.9 Å². The summed E-state index contributed by atoms with van der Waals surface area (Å²) in [6.07, 6.45) is -0.122. The smallest absolute Gasteiger partial charge is 0.326 e. The van der Waals surface area contributed by atoms with E-state index in [-0.39, 0.29) is 24.7 Å². The molecule has 0 aliphatic rings. The first-order valence-corrected chi connectivity index (χ1v) is 8.18. The van der Waals surface area contributed by atoms with Crippen LogP contribution in [0.4, 0.5) is 0 Å². The number of thiol groups is 1. The first-order valence-electron chi connectivity index (χ1n) is 7.55. The summed E-state index contributed by atoms with van der Waals surface area (Å²) in [6, 6.07) is -3.74. The van der Waals surface area contributed by atoms with Crippen molar-refractivity contribution in [3.63, 3.8) is 0 Å². The second kappa shape index (κ2) is 11.9. The molecule has 0 heterocycles. The quantitative estimate of drug-likeness (QED) is 0.0724. The van der Waals surface area contributed by atoms with Gasteiger partial charge in [0.15, 0.2) is 5.96 Å². The Morgan fingerprint density at radius 2 is 1.62 bits per heavy atom. The van der Waals surface area contributed by atoms with Crippen LogP contribution in [0.15, 0.2) is 4.99 Å². The molecule has 0 aliphatic heterocycles. The molecule has 3 unspecified atom stereocenters. The van der Waals surface area contributed by atoms with E-state index in [1.165, 1.54) is 0 Å². The van der Waals surface area contributed by atoms with Gasteiger partial charge in [0.1, 0.15) is 12.1 Å². The summed E-state index contributed by atoms with van der Waals surface area (Å²) in [5.41, 5.74) is 16.0. The molecule has 0 aromatic heterocycles. The Balaban J connectivity index is 4.63. The van der Waals surface area contributed by atoms with Gasteiger partial charge in [0.25, 0.3) is 0 Å². The van der Waals surface area contributed by atoms with E-state index in [9.17, 15) is 19.2 Å². The molecule has 3 atom stereocenters. The zero-order chi connectivity index (χ0) is 20.3. The lowest BCUT2D eigenvalue weighted by Crippen LogP contribution is -2.55. The Kier molecular flexibility index (Phi) is 10.8. The number of hydrogen-bond donors (Lipinski definition) is 8. The fraction of sp³-hybridized carbons (Fsp3) is 0.615. The summed E-state index contributed by atoms with van der Waals surface area (Å²) < 4.78 is 0. The average Bonchev–Trinajstić information content (AvgIpc) is 2.54. The largest absolute Gasteiger partial charge is 0.481 e. The number of carbonyl (C=O) groups is 4. The number of aliphatic imine (C=N–C) groups is 1. The lowest BCUT2D eigenvalue weighted by molar-refractivity contribution is -0.147. The lowest BCUT2D eigenvalue weighted by Gasteiger charge is -2.21. The van der Waals surface area contributed by atoms with Crippen LogP contribution in [-0.4, -0.2) is 70.3 Å². The Labute approximate surface area is 155 Å². The van der Waals surface area contributed by atoms with Gasteiger partial charge in [-0.25, -0.2) is 4.79 Å². The third-order valence-corrected chi connectivity index (χ3v) is 3.48. The van der Waals surface area contributed by atoms with E-state index in [1.54, 1.807) is 0 Å². The van der Waals surface area contributed by atoms with Crippen LogP contribution in [-0.2, 0) is 19.2 Å². The summed E-state index contributed by atoms with van der Waals surface area (Å²) in [5, 5.41) is 22.0. The number of nitrogens with one attached hydrogen (secondary N) is 2. The fourth-order valence-corrected chi connectivity index (χ4v) is 2.03. The van der Waals surface area contributed by atoms with Crippen LogP contribution in [0.2, 0.25) is 0 Å². The van der Waals surface area contributed by atoms with Crippen molar-refractivity contribution in [3.8, 4) is 0 Å². The standard InChI is InChI=1S/C13H24N6O6S/c14-6(2-1-3-17-13(15)16)10(22)19-8(5-26)11(23)18-7(12(24)25)4-9(20)21/h6-8,26H,1-5,14H2,(H,18,23)(H,19,22)(H,20,21)(H,24,25)(H4,15,16,17). The Bertz CT molecular complexity index is 553. The topological polar surface area (TPSA) is 223 Å². The summed E-state index contributed by atoms with van der Waals surface area (Å²) in [5.74, 6) is -4.65. The summed E-state index contributed by atoms with van der Waals surface area (Å²) in [6.45, 7) is 0.287. The van der Waals surface area contributed by atoms with Crippen LogP contribution in [0.3, 0.4) is 0 Å². The zero-order valence-electron chi connectivity index (χ0n) is 13.9. The first kappa shape index (κ1) is 23.5. The SMILES string of the molecule is NC(N)=NCCCC(N)C(=O)NC(CS)C(=O)NC(CC(=O)O)C(=O)O. The van der Waals surface area contributed by atoms with Crippen LogP contribution in [0.5, 0.6) is 0 Å². The van der Waals surface area contributed by atoms with Crippen LogP contribution < -0.4 is 27.8 Å². The molecule has 0 aromatic rings. The van der Waals surface area contributed by atoms with Crippen molar-refractivity contribution in [1.29, 1.82) is 0 Å². The molecule has 0 spiro atoms. The highest BCUT2D eigenvalue weighted by molar-refractivity contribution is 7.80. The third-order valence-electron chi connectivity index (χ3n) is 3.11. The Morgan fingerprint density at radius 3 is 2.08 bits per heavy atom. The Hall–Kier alpha value is -2.54. The number of nitrogens with two attached hydrogens (primary N) is 3. The van der Waals surface area contributed by atoms with Gasteiger partial charge in [-0.2, -0.15) is 12.6 Å². The van der Waals surface area contributed by atoms with Gasteiger partial charge in [-0.1, -0.05) is 0 Å². The van der Waals surface area contributed by atoms with Crippen molar-refractivity contribution in [2.24, 2.45) is 22.2 Å². The van der Waals surface area contributed by atoms with Gasteiger partial charge in [-0.05, 0) is 12.8 Å². The zero-order valence-corrected chi connectivity index (χ0v) is 14.8. The normalized spacial score (nSPS) is 13.8. The number of hydrogen-bond acceptors (Lipinski definition) is 7. The molecule has 0 radical (unpaired) electrons. The number of guanidine groups is 1. The van der Waals surface area contributed by atoms with Crippen LogP contribution in [0, 0.1) is 0 Å². The predicted octanol–water partition coefficient (Wildman–Crippen LogP) is -3.17. The van der Waals surface area contributed by atoms with Gasteiger partial charge in [-0.15, -0.1) is 0 Å². The third kappa shape index (κ3) is 9.68. The predicted molar refractivity (Wildman–Crippen MR) is 95.5 cm³/mol. The summed E-state index contributed by atoms with van der Waals surface area (Å²) in [7, 11) is 0. The maximum atomic E-state index is 12.0. The molecule has 10 N–H and O–H groups in total. The lowest BCUT2D eigenvalue weighted by atomic mass is 10.1. The number of rotatable bonds is 12. The van der Waals surface area contributed by atoms with Crippen molar-refractivity contribution in [1.82, 2.24) is 10.6 Å². The second-order valence-electron chi connectivity index (χ2n) is 5.30. The summed E-state index contributed by atoms with van der Waals surface area (Å²) in [4.78, 5) is 49.4. The molecular formula is C13H24N6O6S. The number of amides is 2. The van der Waals surface area contributed by atoms with E-state index in [4.69, 9.17) is 27.4 Å². The maximum Gasteiger partial charge on any atom is 0.326 e. The molecule has 0 rings (SSSR count). The van der Waals surface area contributed by atoms with Gasteiger partial charge in [-0.3, -0.25) is 19.4 Å². The van der Waals surface area contributed by atoms with E-state index in [0.29, 0.717) is 6.42 Å². The minimum absolute atomic E-state index is 0.0795. The van der Waals surface area contributed by atoms with Crippen molar-refractivity contribution in [2.75, 3.05) is 12.3 Å². The molecule has 0 bridgehead atoms. The van der Waals surface area contributed by atoms with Crippen LogP contribution >= 0.6 is 12.6 Å². The second-order valence-corrected chi connectivity index (χ2v) is 5.66. The molecule has 12 nitrogen and oxygen atoms in total. The average molecular weight is 392 g/mol. The first-order chi connectivity index (χ1) is 12.1. The van der Waals surface area contributed by atoms with Crippen LogP contribution in [0.25, 0.3) is 0 Å². The van der Waals surface area contributed by atoms with E-state index in [2.05, 4.69) is 22.9 Å². The van der Waals surface area contributed by atoms with E-state index in [1.807, 2.05) is 5.32 Å². The molecule has 2 amide bonds. The summed E-state index contributed by atoms with van der Waals surface area (Å²) >= 11 is 3.92. The maximum absolute atomic E-state index is 12.0. The van der Waals surface area contributed by atoms with Crippen molar-refractivity contribution in [2.45, 2.75) is 37.4 Å². The minimum atomic E-state index is -1.63. The molecule has 0 saturated heterocycles. The highest BCUT2D eigenvalue weighted by Crippen LogP contribution is 1.99. The van der Waals surface area contributed by atoms with Crippen molar-refractivity contribution < 1.29 is 29.4 Å². The molecule has 0 saturated carbocycles. The molecule has 148 valence electrons. The molecule has 13 heteroatoms. The number of aliphatic carboxylic acids is 2. The fourth-order valence-electron chi connectivity index (χ4n) is 1.77. The van der Waals surface area contributed by atoms with Crippen LogP contribution in [0.1, 0.15) is 19.3 Å². The van der Waals surface area contributed by atoms with Crippen molar-refractivity contribution >= 4 is 42.3 Å². The Morgan fingerprint density at radius 1 is 1.04 bits per heavy atom. The number of carboxylic acids is 2.